The van der Waals surface area contributed by atoms with E-state index in [4.69, 9.17) is 4.74 Å². The summed E-state index contributed by atoms with van der Waals surface area (Å²) in [6.45, 7) is 3.36. The van der Waals surface area contributed by atoms with Crippen LogP contribution in [-0.4, -0.2) is 44.2 Å². The molecule has 1 aliphatic carbocycles. The lowest BCUT2D eigenvalue weighted by molar-refractivity contribution is -0.145. The second-order valence-corrected chi connectivity index (χ2v) is 7.95. The highest BCUT2D eigenvalue weighted by molar-refractivity contribution is 7.92. The summed E-state index contributed by atoms with van der Waals surface area (Å²) in [5.74, 6) is -1.74. The molecule has 1 aliphatic rings. The molecule has 0 unspecified atom stereocenters. The van der Waals surface area contributed by atoms with Crippen LogP contribution in [0.3, 0.4) is 0 Å². The second-order valence-electron chi connectivity index (χ2n) is 5.54. The zero-order valence-corrected chi connectivity index (χ0v) is 13.2. The number of hydrogen-bond acceptors (Lipinski definition) is 4. The van der Waals surface area contributed by atoms with Crippen LogP contribution in [0.5, 0.6) is 0 Å². The van der Waals surface area contributed by atoms with E-state index >= 15 is 0 Å². The predicted octanol–water partition coefficient (Wildman–Crippen LogP) is 1.61. The maximum Gasteiger partial charge on any atom is 0.314 e. The van der Waals surface area contributed by atoms with Gasteiger partial charge in [0.1, 0.15) is 5.41 Å². The molecule has 1 fully saturated rings. The molecule has 0 aliphatic heterocycles. The summed E-state index contributed by atoms with van der Waals surface area (Å²) >= 11 is 0. The first-order valence-corrected chi connectivity index (χ1v) is 8.53. The Kier molecular flexibility index (Phi) is 4.13. The third-order valence-electron chi connectivity index (χ3n) is 4.26. The molecule has 3 atom stereocenters. The zero-order valence-electron chi connectivity index (χ0n) is 12.4. The Hall–Kier alpha value is -1.40. The van der Waals surface area contributed by atoms with E-state index in [-0.39, 0.29) is 12.4 Å². The van der Waals surface area contributed by atoms with E-state index in [0.717, 1.165) is 11.1 Å². The number of rotatable bonds is 6. The lowest BCUT2D eigenvalue weighted by Gasteiger charge is -2.11. The Bertz CT molecular complexity index is 635. The lowest BCUT2D eigenvalue weighted by Crippen LogP contribution is -2.29. The molecular formula is C15H20O5S. The van der Waals surface area contributed by atoms with Gasteiger partial charge >= 0.3 is 5.97 Å². The normalized spacial score (nSPS) is 28.3. The highest BCUT2D eigenvalue weighted by atomic mass is 32.2. The minimum atomic E-state index is -3.47. The molecule has 1 aromatic rings. The molecule has 1 saturated carbocycles. The summed E-state index contributed by atoms with van der Waals surface area (Å²) in [6, 6.07) is 7.34. The number of hydrogen-bond donors (Lipinski definition) is 1. The number of benzene rings is 1. The van der Waals surface area contributed by atoms with Crippen molar-refractivity contribution in [2.75, 3.05) is 19.5 Å². The van der Waals surface area contributed by atoms with Gasteiger partial charge in [-0.25, -0.2) is 8.42 Å². The predicted molar refractivity (Wildman–Crippen MR) is 79.1 cm³/mol. The molecule has 116 valence electrons. The average Bonchev–Trinajstić information content (AvgIpc) is 3.11. The van der Waals surface area contributed by atoms with E-state index in [1.54, 1.807) is 19.1 Å². The van der Waals surface area contributed by atoms with Gasteiger partial charge in [-0.05, 0) is 12.5 Å². The number of carboxylic acid groups (broad SMARTS) is 1. The number of carboxylic acids is 1. The van der Waals surface area contributed by atoms with Gasteiger partial charge in [0.05, 0.1) is 11.9 Å². The SMILES string of the molecule is CCS(=O)(=O)[C@@H]1[C@H](c2ccc(C)cc2)[C@@]1(COC)C(=O)O. The fraction of sp³-hybridized carbons (Fsp3) is 0.533. The summed E-state index contributed by atoms with van der Waals surface area (Å²) in [6.07, 6.45) is 0. The van der Waals surface area contributed by atoms with Crippen LogP contribution in [0, 0.1) is 12.3 Å². The minimum absolute atomic E-state index is 0.0707. The number of ether oxygens (including phenoxy) is 1. The fourth-order valence-electron chi connectivity index (χ4n) is 3.09. The summed E-state index contributed by atoms with van der Waals surface area (Å²) in [7, 11) is -2.07. The van der Waals surface area contributed by atoms with Gasteiger partial charge in [-0.2, -0.15) is 0 Å². The third-order valence-corrected chi connectivity index (χ3v) is 6.53. The van der Waals surface area contributed by atoms with Crippen molar-refractivity contribution in [3.63, 3.8) is 0 Å². The monoisotopic (exact) mass is 312 g/mol. The number of sulfone groups is 1. The highest BCUT2D eigenvalue weighted by Crippen LogP contribution is 2.63. The van der Waals surface area contributed by atoms with Crippen LogP contribution < -0.4 is 0 Å². The van der Waals surface area contributed by atoms with Crippen molar-refractivity contribution in [2.45, 2.75) is 25.0 Å². The molecule has 1 aromatic carbocycles. The van der Waals surface area contributed by atoms with Crippen molar-refractivity contribution in [3.05, 3.63) is 35.4 Å². The Morgan fingerprint density at radius 1 is 1.33 bits per heavy atom. The molecule has 0 saturated heterocycles. The number of aliphatic carboxylic acids is 1. The molecule has 0 radical (unpaired) electrons. The first kappa shape index (κ1) is 16.0. The van der Waals surface area contributed by atoms with Gasteiger partial charge in [0.25, 0.3) is 0 Å². The fourth-order valence-corrected chi connectivity index (χ4v) is 5.14. The standard InChI is InChI=1S/C15H20O5S/c1-4-21(18,19)13-12(11-7-5-10(2)6-8-11)15(13,9-20-3)14(16)17/h5-8,12-13H,4,9H2,1-3H3,(H,16,17)/t12-,13+,15+/m0/s1. The molecule has 1 N–H and O–H groups in total. The van der Waals surface area contributed by atoms with Gasteiger partial charge in [0.2, 0.25) is 0 Å². The van der Waals surface area contributed by atoms with E-state index in [2.05, 4.69) is 0 Å². The Morgan fingerprint density at radius 3 is 2.33 bits per heavy atom. The van der Waals surface area contributed by atoms with Crippen molar-refractivity contribution in [1.82, 2.24) is 0 Å². The molecule has 0 bridgehead atoms. The summed E-state index contributed by atoms with van der Waals surface area (Å²) in [4.78, 5) is 11.8. The summed E-state index contributed by atoms with van der Waals surface area (Å²) in [5, 5.41) is 8.68. The molecular weight excluding hydrogens is 292 g/mol. The molecule has 0 spiro atoms. The van der Waals surface area contributed by atoms with Crippen molar-refractivity contribution in [1.29, 1.82) is 0 Å². The van der Waals surface area contributed by atoms with E-state index in [0.29, 0.717) is 0 Å². The van der Waals surface area contributed by atoms with Crippen molar-refractivity contribution in [3.8, 4) is 0 Å². The maximum atomic E-state index is 12.3. The van der Waals surface area contributed by atoms with Gasteiger partial charge in [-0.1, -0.05) is 36.8 Å². The Balaban J connectivity index is 2.51. The van der Waals surface area contributed by atoms with Crippen molar-refractivity contribution < 1.29 is 23.1 Å². The van der Waals surface area contributed by atoms with Gasteiger partial charge < -0.3 is 9.84 Å². The first-order chi connectivity index (χ1) is 9.81. The van der Waals surface area contributed by atoms with Crippen molar-refractivity contribution in [2.24, 2.45) is 5.41 Å². The lowest BCUT2D eigenvalue weighted by atomic mass is 9.99. The van der Waals surface area contributed by atoms with Crippen LogP contribution in [0.4, 0.5) is 0 Å². The van der Waals surface area contributed by atoms with E-state index in [1.807, 2.05) is 19.1 Å². The largest absolute Gasteiger partial charge is 0.481 e. The Morgan fingerprint density at radius 2 is 1.90 bits per heavy atom. The quantitative estimate of drug-likeness (QED) is 0.863. The molecule has 21 heavy (non-hydrogen) atoms. The molecule has 6 heteroatoms. The van der Waals surface area contributed by atoms with Gasteiger partial charge in [-0.15, -0.1) is 0 Å². The topological polar surface area (TPSA) is 80.7 Å². The van der Waals surface area contributed by atoms with Crippen molar-refractivity contribution >= 4 is 15.8 Å². The van der Waals surface area contributed by atoms with Gasteiger partial charge in [0, 0.05) is 18.8 Å². The Labute approximate surface area is 124 Å². The molecule has 2 rings (SSSR count). The molecule has 5 nitrogen and oxygen atoms in total. The van der Waals surface area contributed by atoms with E-state index < -0.39 is 32.4 Å². The average molecular weight is 312 g/mol. The van der Waals surface area contributed by atoms with E-state index in [9.17, 15) is 18.3 Å². The summed E-state index contributed by atoms with van der Waals surface area (Å²) < 4.78 is 29.6. The summed E-state index contributed by atoms with van der Waals surface area (Å²) in [5.41, 5.74) is 0.405. The number of carbonyl (C=O) groups is 1. The second kappa shape index (κ2) is 5.42. The smallest absolute Gasteiger partial charge is 0.314 e. The zero-order chi connectivity index (χ0) is 15.8. The maximum absolute atomic E-state index is 12.3. The first-order valence-electron chi connectivity index (χ1n) is 6.81. The van der Waals surface area contributed by atoms with Gasteiger partial charge in [-0.3, -0.25) is 4.79 Å². The molecule has 0 amide bonds. The number of aryl methyl sites for hydroxylation is 1. The van der Waals surface area contributed by atoms with Crippen LogP contribution in [0.1, 0.15) is 24.0 Å². The molecule has 0 aromatic heterocycles. The van der Waals surface area contributed by atoms with Crippen LogP contribution in [0.15, 0.2) is 24.3 Å². The highest BCUT2D eigenvalue weighted by Gasteiger charge is 2.75. The number of methoxy groups -OCH3 is 1. The van der Waals surface area contributed by atoms with E-state index in [1.165, 1.54) is 7.11 Å². The van der Waals surface area contributed by atoms with Crippen LogP contribution >= 0.6 is 0 Å². The minimum Gasteiger partial charge on any atom is -0.481 e. The van der Waals surface area contributed by atoms with Crippen LogP contribution in [-0.2, 0) is 19.4 Å². The van der Waals surface area contributed by atoms with Crippen LogP contribution in [0.25, 0.3) is 0 Å². The van der Waals surface area contributed by atoms with Gasteiger partial charge in [0.15, 0.2) is 9.84 Å². The molecule has 0 heterocycles. The van der Waals surface area contributed by atoms with Crippen LogP contribution in [0.2, 0.25) is 0 Å². The third kappa shape index (κ3) is 2.46.